The molecule has 0 bridgehead atoms. The van der Waals surface area contributed by atoms with Crippen LogP contribution in [-0.2, 0) is 4.74 Å². The van der Waals surface area contributed by atoms with E-state index >= 15 is 0 Å². The van der Waals surface area contributed by atoms with Gasteiger partial charge in [-0.05, 0) is 24.1 Å². The summed E-state index contributed by atoms with van der Waals surface area (Å²) in [6.07, 6.45) is 0.882. The van der Waals surface area contributed by atoms with Crippen molar-refractivity contribution in [3.05, 3.63) is 64.7 Å². The van der Waals surface area contributed by atoms with Gasteiger partial charge in [-0.2, -0.15) is 0 Å². The van der Waals surface area contributed by atoms with E-state index in [2.05, 4.69) is 10.6 Å². The van der Waals surface area contributed by atoms with Gasteiger partial charge in [-0.1, -0.05) is 30.3 Å². The summed E-state index contributed by atoms with van der Waals surface area (Å²) < 4.78 is 11.1. The number of nitrogens with one attached hydrogen (secondary N) is 2. The van der Waals surface area contributed by atoms with E-state index in [-0.39, 0.29) is 29.9 Å². The van der Waals surface area contributed by atoms with Gasteiger partial charge in [-0.25, -0.2) is 0 Å². The number of methoxy groups -OCH3 is 1. The lowest BCUT2D eigenvalue weighted by Crippen LogP contribution is -2.28. The van der Waals surface area contributed by atoms with Crippen molar-refractivity contribution >= 4 is 11.8 Å². The summed E-state index contributed by atoms with van der Waals surface area (Å²) in [5.41, 5.74) is 2.81. The molecule has 6 heteroatoms. The Balaban J connectivity index is 1.71. The molecule has 0 spiro atoms. The molecule has 2 aliphatic rings. The third-order valence-corrected chi connectivity index (χ3v) is 5.17. The molecular weight excluding hydrogens is 344 g/mol. The zero-order chi connectivity index (χ0) is 19.0. The van der Waals surface area contributed by atoms with Crippen LogP contribution in [0.1, 0.15) is 44.2 Å². The van der Waals surface area contributed by atoms with Gasteiger partial charge in [0, 0.05) is 31.2 Å². The molecule has 0 saturated heterocycles. The fraction of sp³-hybridized carbons (Fsp3) is 0.333. The average Bonchev–Trinajstić information content (AvgIpc) is 3.32. The van der Waals surface area contributed by atoms with E-state index in [1.165, 1.54) is 0 Å². The van der Waals surface area contributed by atoms with Gasteiger partial charge in [-0.15, -0.1) is 0 Å². The standard InChI is InChI=1S/C21H22N2O4/c1-22-21(25)15-9-13(20(24)23-17-10-18(17)26-2)8-14-16(11-27-19(14)15)12-6-4-3-5-7-12/h3-9,16-18H,10-11H2,1-2H3,(H,22,25)(H,23,24). The van der Waals surface area contributed by atoms with E-state index < -0.39 is 0 Å². The lowest BCUT2D eigenvalue weighted by molar-refractivity contribution is 0.0935. The zero-order valence-electron chi connectivity index (χ0n) is 15.3. The smallest absolute Gasteiger partial charge is 0.254 e. The number of benzene rings is 2. The van der Waals surface area contributed by atoms with Crippen LogP contribution in [0.5, 0.6) is 5.75 Å². The minimum Gasteiger partial charge on any atom is -0.491 e. The van der Waals surface area contributed by atoms with Crippen LogP contribution in [0, 0.1) is 0 Å². The number of ether oxygens (including phenoxy) is 2. The van der Waals surface area contributed by atoms with Crippen molar-refractivity contribution in [3.8, 4) is 5.75 Å². The van der Waals surface area contributed by atoms with Gasteiger partial charge in [0.2, 0.25) is 0 Å². The van der Waals surface area contributed by atoms with E-state index in [9.17, 15) is 9.59 Å². The molecule has 0 radical (unpaired) electrons. The number of hydrogen-bond donors (Lipinski definition) is 2. The highest BCUT2D eigenvalue weighted by Gasteiger charge is 2.39. The first-order chi connectivity index (χ1) is 13.1. The minimum absolute atomic E-state index is 0.00925. The van der Waals surface area contributed by atoms with Crippen molar-refractivity contribution in [2.75, 3.05) is 20.8 Å². The number of amides is 2. The Labute approximate surface area is 157 Å². The summed E-state index contributed by atoms with van der Waals surface area (Å²) in [6.45, 7) is 0.447. The molecule has 140 valence electrons. The molecule has 2 amide bonds. The highest BCUT2D eigenvalue weighted by molar-refractivity contribution is 6.02. The molecule has 1 aliphatic carbocycles. The molecule has 2 aromatic rings. The number of carbonyl (C=O) groups is 2. The molecule has 2 N–H and O–H groups in total. The van der Waals surface area contributed by atoms with Gasteiger partial charge in [0.15, 0.2) is 0 Å². The Bertz CT molecular complexity index is 881. The maximum Gasteiger partial charge on any atom is 0.254 e. The molecule has 27 heavy (non-hydrogen) atoms. The molecule has 1 heterocycles. The first-order valence-electron chi connectivity index (χ1n) is 9.03. The van der Waals surface area contributed by atoms with Gasteiger partial charge in [-0.3, -0.25) is 9.59 Å². The van der Waals surface area contributed by atoms with Gasteiger partial charge in [0.1, 0.15) is 5.75 Å². The summed E-state index contributed by atoms with van der Waals surface area (Å²) in [7, 11) is 3.20. The van der Waals surface area contributed by atoms with Crippen molar-refractivity contribution < 1.29 is 19.1 Å². The Hall–Kier alpha value is -2.86. The van der Waals surface area contributed by atoms with Crippen molar-refractivity contribution in [1.82, 2.24) is 10.6 Å². The molecule has 0 aromatic heterocycles. The Morgan fingerprint density at radius 1 is 1.15 bits per heavy atom. The van der Waals surface area contributed by atoms with Crippen LogP contribution in [0.15, 0.2) is 42.5 Å². The van der Waals surface area contributed by atoms with Crippen LogP contribution in [0.2, 0.25) is 0 Å². The lowest BCUT2D eigenvalue weighted by atomic mass is 9.90. The SMILES string of the molecule is CNC(=O)c1cc(C(=O)NC2CC2OC)cc2c1OCC2c1ccccc1. The molecule has 3 atom stereocenters. The molecule has 1 saturated carbocycles. The summed E-state index contributed by atoms with van der Waals surface area (Å²) in [5, 5.41) is 5.60. The zero-order valence-corrected chi connectivity index (χ0v) is 15.3. The highest BCUT2D eigenvalue weighted by atomic mass is 16.5. The summed E-state index contributed by atoms with van der Waals surface area (Å²) in [5.74, 6) is 0.0768. The average molecular weight is 366 g/mol. The van der Waals surface area contributed by atoms with Crippen LogP contribution < -0.4 is 15.4 Å². The fourth-order valence-corrected chi connectivity index (χ4v) is 3.56. The van der Waals surface area contributed by atoms with Gasteiger partial charge in [0.25, 0.3) is 11.8 Å². The Morgan fingerprint density at radius 2 is 1.93 bits per heavy atom. The topological polar surface area (TPSA) is 76.7 Å². The third-order valence-electron chi connectivity index (χ3n) is 5.17. The molecule has 6 nitrogen and oxygen atoms in total. The Kier molecular flexibility index (Phi) is 4.58. The van der Waals surface area contributed by atoms with E-state index in [1.54, 1.807) is 20.2 Å². The van der Waals surface area contributed by atoms with Crippen molar-refractivity contribution in [2.24, 2.45) is 0 Å². The monoisotopic (exact) mass is 366 g/mol. The summed E-state index contributed by atoms with van der Waals surface area (Å²) in [6, 6.07) is 13.4. The molecule has 4 rings (SSSR count). The van der Waals surface area contributed by atoms with Gasteiger partial charge in [0.05, 0.1) is 24.3 Å². The van der Waals surface area contributed by atoms with Crippen LogP contribution in [0.3, 0.4) is 0 Å². The molecule has 2 aromatic carbocycles. The molecule has 1 aliphatic heterocycles. The van der Waals surface area contributed by atoms with Crippen molar-refractivity contribution in [2.45, 2.75) is 24.5 Å². The second kappa shape index (κ2) is 7.04. The van der Waals surface area contributed by atoms with Gasteiger partial charge < -0.3 is 20.1 Å². The summed E-state index contributed by atoms with van der Waals surface area (Å²) in [4.78, 5) is 25.1. The fourth-order valence-electron chi connectivity index (χ4n) is 3.56. The normalized spacial score (nSPS) is 22.5. The van der Waals surface area contributed by atoms with Crippen molar-refractivity contribution in [1.29, 1.82) is 0 Å². The second-order valence-electron chi connectivity index (χ2n) is 6.89. The van der Waals surface area contributed by atoms with Crippen LogP contribution in [0.4, 0.5) is 0 Å². The van der Waals surface area contributed by atoms with E-state index in [1.807, 2.05) is 36.4 Å². The number of rotatable bonds is 5. The Morgan fingerprint density at radius 3 is 2.59 bits per heavy atom. The van der Waals surface area contributed by atoms with Crippen LogP contribution >= 0.6 is 0 Å². The van der Waals surface area contributed by atoms with Crippen molar-refractivity contribution in [3.63, 3.8) is 0 Å². The number of fused-ring (bicyclic) bond motifs is 1. The van der Waals surface area contributed by atoms with E-state index in [0.29, 0.717) is 23.5 Å². The van der Waals surface area contributed by atoms with Crippen LogP contribution in [0.25, 0.3) is 0 Å². The second-order valence-corrected chi connectivity index (χ2v) is 6.89. The van der Waals surface area contributed by atoms with E-state index in [4.69, 9.17) is 9.47 Å². The maximum absolute atomic E-state index is 12.7. The molecule has 3 unspecified atom stereocenters. The largest absolute Gasteiger partial charge is 0.491 e. The predicted octanol–water partition coefficient (Wildman–Crippen LogP) is 2.09. The van der Waals surface area contributed by atoms with E-state index in [0.717, 1.165) is 17.5 Å². The first kappa shape index (κ1) is 17.5. The number of carbonyl (C=O) groups excluding carboxylic acids is 2. The number of hydrogen-bond acceptors (Lipinski definition) is 4. The molecular formula is C21H22N2O4. The minimum atomic E-state index is -0.268. The first-order valence-corrected chi connectivity index (χ1v) is 9.03. The summed E-state index contributed by atoms with van der Waals surface area (Å²) >= 11 is 0. The van der Waals surface area contributed by atoms with Gasteiger partial charge >= 0.3 is 0 Å². The maximum atomic E-state index is 12.7. The lowest BCUT2D eigenvalue weighted by Gasteiger charge is -2.13. The quantitative estimate of drug-likeness (QED) is 0.850. The third kappa shape index (κ3) is 3.28. The highest BCUT2D eigenvalue weighted by Crippen LogP contribution is 2.41. The van der Waals surface area contributed by atoms with Crippen LogP contribution in [-0.4, -0.2) is 44.7 Å². The predicted molar refractivity (Wildman–Crippen MR) is 100 cm³/mol. The molecule has 1 fully saturated rings.